The van der Waals surface area contributed by atoms with E-state index in [1.807, 2.05) is 26.0 Å². The van der Waals surface area contributed by atoms with E-state index in [-0.39, 0.29) is 5.78 Å². The fourth-order valence-electron chi connectivity index (χ4n) is 2.44. The molecule has 0 saturated carbocycles. The van der Waals surface area contributed by atoms with Crippen LogP contribution in [0.4, 0.5) is 0 Å². The summed E-state index contributed by atoms with van der Waals surface area (Å²) in [5.74, 6) is 0.977. The SMILES string of the molecule is Cc1cc(C)c(C)c(C(=O)CNCc2ccco2)c1C. The van der Waals surface area contributed by atoms with E-state index in [0.29, 0.717) is 13.1 Å². The number of hydrogen-bond acceptors (Lipinski definition) is 3. The Labute approximate surface area is 120 Å². The normalized spacial score (nSPS) is 10.8. The van der Waals surface area contributed by atoms with Gasteiger partial charge in [-0.2, -0.15) is 0 Å². The van der Waals surface area contributed by atoms with E-state index >= 15 is 0 Å². The monoisotopic (exact) mass is 271 g/mol. The van der Waals surface area contributed by atoms with E-state index in [4.69, 9.17) is 4.42 Å². The molecule has 20 heavy (non-hydrogen) atoms. The van der Waals surface area contributed by atoms with Crippen molar-refractivity contribution < 1.29 is 9.21 Å². The summed E-state index contributed by atoms with van der Waals surface area (Å²) in [4.78, 5) is 12.4. The van der Waals surface area contributed by atoms with Crippen molar-refractivity contribution in [3.05, 3.63) is 58.0 Å². The number of carbonyl (C=O) groups is 1. The van der Waals surface area contributed by atoms with Gasteiger partial charge in [0.15, 0.2) is 5.78 Å². The van der Waals surface area contributed by atoms with Crippen LogP contribution in [0.25, 0.3) is 0 Å². The van der Waals surface area contributed by atoms with Crippen LogP contribution in [0.15, 0.2) is 28.9 Å². The van der Waals surface area contributed by atoms with Crippen LogP contribution in [0.3, 0.4) is 0 Å². The fourth-order valence-corrected chi connectivity index (χ4v) is 2.44. The maximum absolute atomic E-state index is 12.4. The molecule has 0 amide bonds. The third kappa shape index (κ3) is 2.99. The molecule has 0 atom stereocenters. The smallest absolute Gasteiger partial charge is 0.177 e. The van der Waals surface area contributed by atoms with E-state index in [2.05, 4.69) is 25.2 Å². The van der Waals surface area contributed by atoms with E-state index in [9.17, 15) is 4.79 Å². The van der Waals surface area contributed by atoms with Crippen LogP contribution in [0.1, 0.15) is 38.4 Å². The second kappa shape index (κ2) is 6.06. The molecule has 0 spiro atoms. The molecule has 0 aliphatic heterocycles. The third-order valence-electron chi connectivity index (χ3n) is 3.81. The Bertz CT molecular complexity index is 586. The quantitative estimate of drug-likeness (QED) is 0.846. The lowest BCUT2D eigenvalue weighted by Gasteiger charge is -2.14. The molecule has 106 valence electrons. The van der Waals surface area contributed by atoms with Crippen molar-refractivity contribution in [3.63, 3.8) is 0 Å². The minimum atomic E-state index is 0.137. The predicted molar refractivity (Wildman–Crippen MR) is 80.1 cm³/mol. The highest BCUT2D eigenvalue weighted by Gasteiger charge is 2.15. The molecule has 1 aromatic heterocycles. The van der Waals surface area contributed by atoms with Gasteiger partial charge in [0.05, 0.1) is 19.4 Å². The van der Waals surface area contributed by atoms with Gasteiger partial charge in [-0.3, -0.25) is 4.79 Å². The number of hydrogen-bond donors (Lipinski definition) is 1. The first kappa shape index (κ1) is 14.5. The van der Waals surface area contributed by atoms with E-state index in [1.165, 1.54) is 11.1 Å². The summed E-state index contributed by atoms with van der Waals surface area (Å²) in [6.45, 7) is 9.03. The van der Waals surface area contributed by atoms with Gasteiger partial charge < -0.3 is 9.73 Å². The van der Waals surface area contributed by atoms with E-state index < -0.39 is 0 Å². The standard InChI is InChI=1S/C17H21NO2/c1-11-8-12(2)14(4)17(13(11)3)16(19)10-18-9-15-6-5-7-20-15/h5-8,18H,9-10H2,1-4H3. The van der Waals surface area contributed by atoms with Gasteiger partial charge in [-0.1, -0.05) is 6.07 Å². The van der Waals surface area contributed by atoms with Crippen LogP contribution < -0.4 is 5.32 Å². The van der Waals surface area contributed by atoms with Crippen LogP contribution in [0, 0.1) is 27.7 Å². The predicted octanol–water partition coefficient (Wildman–Crippen LogP) is 3.49. The zero-order chi connectivity index (χ0) is 14.7. The number of carbonyl (C=O) groups excluding carboxylic acids is 1. The number of furan rings is 1. The number of nitrogens with one attached hydrogen (secondary N) is 1. The van der Waals surface area contributed by atoms with Crippen molar-refractivity contribution in [2.75, 3.05) is 6.54 Å². The van der Waals surface area contributed by atoms with E-state index in [1.54, 1.807) is 6.26 Å². The van der Waals surface area contributed by atoms with Crippen LogP contribution in [0.5, 0.6) is 0 Å². The molecule has 0 saturated heterocycles. The summed E-state index contributed by atoms with van der Waals surface area (Å²) < 4.78 is 5.23. The van der Waals surface area contributed by atoms with Gasteiger partial charge in [0.1, 0.15) is 5.76 Å². The first-order valence-electron chi connectivity index (χ1n) is 6.84. The van der Waals surface area contributed by atoms with Crippen molar-refractivity contribution in [2.24, 2.45) is 0 Å². The first-order valence-corrected chi connectivity index (χ1v) is 6.84. The molecule has 1 N–H and O–H groups in total. The van der Waals surface area contributed by atoms with Crippen LogP contribution in [0.2, 0.25) is 0 Å². The molecule has 1 aromatic carbocycles. The van der Waals surface area contributed by atoms with Crippen molar-refractivity contribution in [1.29, 1.82) is 0 Å². The summed E-state index contributed by atoms with van der Waals surface area (Å²) in [6.07, 6.45) is 1.64. The topological polar surface area (TPSA) is 42.2 Å². The van der Waals surface area contributed by atoms with Gasteiger partial charge in [-0.05, 0) is 62.1 Å². The number of Topliss-reactive ketones (excluding diaryl/α,β-unsaturated/α-hetero) is 1. The van der Waals surface area contributed by atoms with Gasteiger partial charge >= 0.3 is 0 Å². The number of benzene rings is 1. The number of ketones is 1. The molecule has 2 rings (SSSR count). The molecule has 0 bridgehead atoms. The number of rotatable bonds is 5. The lowest BCUT2D eigenvalue weighted by Crippen LogP contribution is -2.24. The zero-order valence-electron chi connectivity index (χ0n) is 12.5. The highest BCUT2D eigenvalue weighted by molar-refractivity contribution is 6.00. The summed E-state index contributed by atoms with van der Waals surface area (Å²) >= 11 is 0. The maximum Gasteiger partial charge on any atom is 0.177 e. The molecule has 3 heteroatoms. The molecule has 0 fully saturated rings. The Morgan fingerprint density at radius 1 is 1.15 bits per heavy atom. The van der Waals surface area contributed by atoms with Crippen molar-refractivity contribution in [3.8, 4) is 0 Å². The molecule has 0 aliphatic rings. The van der Waals surface area contributed by atoms with Crippen molar-refractivity contribution in [1.82, 2.24) is 5.32 Å². The van der Waals surface area contributed by atoms with E-state index in [0.717, 1.165) is 22.5 Å². The third-order valence-corrected chi connectivity index (χ3v) is 3.81. The van der Waals surface area contributed by atoms with Crippen LogP contribution in [-0.2, 0) is 6.54 Å². The molecule has 2 aromatic rings. The number of aryl methyl sites for hydroxylation is 2. The largest absolute Gasteiger partial charge is 0.468 e. The molecular formula is C17H21NO2. The van der Waals surface area contributed by atoms with Gasteiger partial charge in [-0.25, -0.2) is 0 Å². The summed E-state index contributed by atoms with van der Waals surface area (Å²) in [7, 11) is 0. The Kier molecular flexibility index (Phi) is 4.40. The highest BCUT2D eigenvalue weighted by atomic mass is 16.3. The minimum Gasteiger partial charge on any atom is -0.468 e. The molecule has 3 nitrogen and oxygen atoms in total. The lowest BCUT2D eigenvalue weighted by molar-refractivity contribution is 0.0989. The van der Waals surface area contributed by atoms with Gasteiger partial charge in [0.25, 0.3) is 0 Å². The Morgan fingerprint density at radius 2 is 1.80 bits per heavy atom. The summed E-state index contributed by atoms with van der Waals surface area (Å²) in [6, 6.07) is 5.87. The average molecular weight is 271 g/mol. The Morgan fingerprint density at radius 3 is 2.35 bits per heavy atom. The van der Waals surface area contributed by atoms with Gasteiger partial charge in [0.2, 0.25) is 0 Å². The second-order valence-electron chi connectivity index (χ2n) is 5.24. The maximum atomic E-state index is 12.4. The molecule has 0 aliphatic carbocycles. The zero-order valence-corrected chi connectivity index (χ0v) is 12.5. The Hall–Kier alpha value is -1.87. The fraction of sp³-hybridized carbons (Fsp3) is 0.353. The van der Waals surface area contributed by atoms with Crippen LogP contribution in [-0.4, -0.2) is 12.3 Å². The molecule has 0 unspecified atom stereocenters. The summed E-state index contributed by atoms with van der Waals surface area (Å²) in [5.41, 5.74) is 5.36. The van der Waals surface area contributed by atoms with Crippen molar-refractivity contribution >= 4 is 5.78 Å². The lowest BCUT2D eigenvalue weighted by atomic mass is 9.92. The second-order valence-corrected chi connectivity index (χ2v) is 5.24. The van der Waals surface area contributed by atoms with Crippen LogP contribution >= 0.6 is 0 Å². The highest BCUT2D eigenvalue weighted by Crippen LogP contribution is 2.21. The molecular weight excluding hydrogens is 250 g/mol. The average Bonchev–Trinajstić information content (AvgIpc) is 2.90. The Balaban J connectivity index is 2.09. The van der Waals surface area contributed by atoms with Crippen molar-refractivity contribution in [2.45, 2.75) is 34.2 Å². The van der Waals surface area contributed by atoms with Gasteiger partial charge in [-0.15, -0.1) is 0 Å². The molecule has 1 heterocycles. The minimum absolute atomic E-state index is 0.137. The summed E-state index contributed by atoms with van der Waals surface area (Å²) in [5, 5.41) is 3.14. The van der Waals surface area contributed by atoms with Gasteiger partial charge in [0, 0.05) is 5.56 Å². The molecule has 0 radical (unpaired) electrons. The first-order chi connectivity index (χ1) is 9.50.